The van der Waals surface area contributed by atoms with Gasteiger partial charge in [-0.3, -0.25) is 14.8 Å². The van der Waals surface area contributed by atoms with E-state index in [1.54, 1.807) is 24.3 Å². The van der Waals surface area contributed by atoms with Gasteiger partial charge in [0.1, 0.15) is 10.6 Å². The largest absolute Gasteiger partial charge is 0.495 e. The van der Waals surface area contributed by atoms with Gasteiger partial charge in [0.25, 0.3) is 15.7 Å². The van der Waals surface area contributed by atoms with E-state index in [0.29, 0.717) is 17.4 Å². The van der Waals surface area contributed by atoms with E-state index in [-0.39, 0.29) is 22.3 Å². The molecule has 9 heteroatoms. The van der Waals surface area contributed by atoms with Crippen LogP contribution in [0.1, 0.15) is 32.6 Å². The number of anilines is 2. The van der Waals surface area contributed by atoms with Gasteiger partial charge in [0, 0.05) is 18.2 Å². The Labute approximate surface area is 170 Å². The van der Waals surface area contributed by atoms with E-state index in [1.807, 2.05) is 0 Å². The smallest absolute Gasteiger partial charge is 0.270 e. The molecular formula is C20H25N3O5S. The molecule has 1 aliphatic rings. The second-order valence-electron chi connectivity index (χ2n) is 7.26. The minimum atomic E-state index is -4.10. The molecule has 0 aliphatic heterocycles. The van der Waals surface area contributed by atoms with Crippen molar-refractivity contribution in [1.29, 1.82) is 0 Å². The lowest BCUT2D eigenvalue weighted by atomic mass is 9.86. The minimum Gasteiger partial charge on any atom is -0.495 e. The molecule has 8 nitrogen and oxygen atoms in total. The van der Waals surface area contributed by atoms with Crippen molar-refractivity contribution < 1.29 is 18.1 Å². The van der Waals surface area contributed by atoms with E-state index in [9.17, 15) is 18.5 Å². The molecule has 0 heterocycles. The predicted molar refractivity (Wildman–Crippen MR) is 112 cm³/mol. The monoisotopic (exact) mass is 419 g/mol. The molecule has 2 atom stereocenters. The van der Waals surface area contributed by atoms with Crippen molar-refractivity contribution >= 4 is 27.1 Å². The summed E-state index contributed by atoms with van der Waals surface area (Å²) in [6.45, 7) is 2.13. The lowest BCUT2D eigenvalue weighted by Crippen LogP contribution is -2.31. The fourth-order valence-electron chi connectivity index (χ4n) is 3.63. The molecule has 0 amide bonds. The van der Waals surface area contributed by atoms with Crippen LogP contribution in [0.3, 0.4) is 0 Å². The van der Waals surface area contributed by atoms with E-state index in [1.165, 1.54) is 19.2 Å². The van der Waals surface area contributed by atoms with Crippen LogP contribution in [0.25, 0.3) is 0 Å². The molecule has 2 N–H and O–H groups in total. The molecule has 1 fully saturated rings. The zero-order valence-corrected chi connectivity index (χ0v) is 17.2. The van der Waals surface area contributed by atoms with Gasteiger partial charge in [-0.15, -0.1) is 0 Å². The van der Waals surface area contributed by atoms with Crippen LogP contribution in [0.5, 0.6) is 5.75 Å². The maximum atomic E-state index is 13.2. The number of nitrogens with one attached hydrogen (secondary N) is 2. The van der Waals surface area contributed by atoms with Crippen LogP contribution in [0.15, 0.2) is 47.4 Å². The molecule has 1 aliphatic carbocycles. The number of nitrogens with zero attached hydrogens (tertiary/aromatic N) is 1. The zero-order chi connectivity index (χ0) is 21.0. The van der Waals surface area contributed by atoms with Crippen molar-refractivity contribution in [1.82, 2.24) is 0 Å². The highest BCUT2D eigenvalue weighted by Crippen LogP contribution is 2.34. The van der Waals surface area contributed by atoms with Gasteiger partial charge < -0.3 is 10.1 Å². The van der Waals surface area contributed by atoms with E-state index >= 15 is 0 Å². The summed E-state index contributed by atoms with van der Waals surface area (Å²) < 4.78 is 34.0. The normalized spacial score (nSPS) is 19.4. The highest BCUT2D eigenvalue weighted by molar-refractivity contribution is 7.93. The summed E-state index contributed by atoms with van der Waals surface area (Å²) in [6, 6.07) is 10.6. The summed E-state index contributed by atoms with van der Waals surface area (Å²) in [4.78, 5) is 10.5. The number of nitro groups is 1. The molecule has 0 radical (unpaired) electrons. The molecule has 0 aromatic heterocycles. The lowest BCUT2D eigenvalue weighted by molar-refractivity contribution is -0.385. The number of hydrogen-bond acceptors (Lipinski definition) is 6. The van der Waals surface area contributed by atoms with E-state index in [2.05, 4.69) is 17.0 Å². The first-order chi connectivity index (χ1) is 13.8. The minimum absolute atomic E-state index is 0.116. The van der Waals surface area contributed by atoms with Crippen molar-refractivity contribution in [3.05, 3.63) is 52.6 Å². The Morgan fingerprint density at radius 2 is 1.83 bits per heavy atom. The van der Waals surface area contributed by atoms with Crippen LogP contribution in [0, 0.1) is 16.0 Å². The Morgan fingerprint density at radius 1 is 1.10 bits per heavy atom. The molecule has 2 unspecified atom stereocenters. The SMILES string of the molecule is COc1ccccc1NS(=O)(=O)c1cc([N+](=O)[O-])ccc1NC1CCCCC1C. The van der Waals surface area contributed by atoms with Crippen molar-refractivity contribution in [2.75, 3.05) is 17.1 Å². The Kier molecular flexibility index (Phi) is 6.26. The summed E-state index contributed by atoms with van der Waals surface area (Å²) in [5.41, 5.74) is 0.336. The molecule has 3 rings (SSSR count). The Bertz CT molecular complexity index is 993. The number of non-ortho nitro benzene ring substituents is 1. The average molecular weight is 420 g/mol. The lowest BCUT2D eigenvalue weighted by Gasteiger charge is -2.31. The van der Waals surface area contributed by atoms with Crippen LogP contribution in [0.4, 0.5) is 17.1 Å². The average Bonchev–Trinajstić information content (AvgIpc) is 2.70. The Balaban J connectivity index is 2.00. The summed E-state index contributed by atoms with van der Waals surface area (Å²) in [5.74, 6) is 0.744. The first-order valence-corrected chi connectivity index (χ1v) is 11.0. The van der Waals surface area contributed by atoms with E-state index in [0.717, 1.165) is 31.7 Å². The van der Waals surface area contributed by atoms with E-state index < -0.39 is 14.9 Å². The van der Waals surface area contributed by atoms with Crippen molar-refractivity contribution in [3.8, 4) is 5.75 Å². The second kappa shape index (κ2) is 8.69. The third-order valence-electron chi connectivity index (χ3n) is 5.27. The van der Waals surface area contributed by atoms with Gasteiger partial charge in [-0.1, -0.05) is 31.9 Å². The molecular weight excluding hydrogens is 394 g/mol. The molecule has 0 spiro atoms. The third-order valence-corrected chi connectivity index (χ3v) is 6.67. The quantitative estimate of drug-likeness (QED) is 0.508. The van der Waals surface area contributed by atoms with Crippen LogP contribution < -0.4 is 14.8 Å². The molecule has 0 bridgehead atoms. The number of benzene rings is 2. The topological polar surface area (TPSA) is 111 Å². The first kappa shape index (κ1) is 20.9. The zero-order valence-electron chi connectivity index (χ0n) is 16.4. The number of nitro benzene ring substituents is 1. The van der Waals surface area contributed by atoms with Gasteiger partial charge in [0.2, 0.25) is 0 Å². The maximum Gasteiger partial charge on any atom is 0.270 e. The summed E-state index contributed by atoms with van der Waals surface area (Å²) in [5, 5.41) is 14.6. The highest BCUT2D eigenvalue weighted by Gasteiger charge is 2.27. The highest BCUT2D eigenvalue weighted by atomic mass is 32.2. The van der Waals surface area contributed by atoms with Crippen LogP contribution >= 0.6 is 0 Å². The molecule has 156 valence electrons. The number of ether oxygens (including phenoxy) is 1. The molecule has 0 saturated heterocycles. The van der Waals surface area contributed by atoms with Gasteiger partial charge >= 0.3 is 0 Å². The van der Waals surface area contributed by atoms with Crippen LogP contribution in [-0.4, -0.2) is 26.5 Å². The second-order valence-corrected chi connectivity index (χ2v) is 8.91. The number of methoxy groups -OCH3 is 1. The Morgan fingerprint density at radius 3 is 2.52 bits per heavy atom. The van der Waals surface area contributed by atoms with Crippen molar-refractivity contribution in [2.24, 2.45) is 5.92 Å². The standard InChI is InChI=1S/C20H25N3O5S/c1-14-7-3-4-8-16(14)21-18-12-11-15(23(24)25)13-20(18)29(26,27)22-17-9-5-6-10-19(17)28-2/h5-6,9-14,16,21-22H,3-4,7-8H2,1-2H3. The van der Waals surface area contributed by atoms with Gasteiger partial charge in [0.15, 0.2) is 0 Å². The molecule has 2 aromatic rings. The predicted octanol–water partition coefficient (Wildman–Crippen LogP) is 4.39. The maximum absolute atomic E-state index is 13.2. The summed E-state index contributed by atoms with van der Waals surface area (Å²) >= 11 is 0. The van der Waals surface area contributed by atoms with Crippen molar-refractivity contribution in [2.45, 2.75) is 43.5 Å². The summed E-state index contributed by atoms with van der Waals surface area (Å²) in [6.07, 6.45) is 4.21. The fraction of sp³-hybridized carbons (Fsp3) is 0.400. The van der Waals surface area contributed by atoms with Crippen molar-refractivity contribution in [3.63, 3.8) is 0 Å². The molecule has 29 heavy (non-hydrogen) atoms. The van der Waals surface area contributed by atoms with Gasteiger partial charge in [-0.2, -0.15) is 0 Å². The summed E-state index contributed by atoms with van der Waals surface area (Å²) in [7, 11) is -2.66. The van der Waals surface area contributed by atoms with Crippen LogP contribution in [-0.2, 0) is 10.0 Å². The number of sulfonamides is 1. The fourth-order valence-corrected chi connectivity index (χ4v) is 4.89. The number of hydrogen-bond donors (Lipinski definition) is 2. The van der Waals surface area contributed by atoms with Crippen LogP contribution in [0.2, 0.25) is 0 Å². The first-order valence-electron chi connectivity index (χ1n) is 9.52. The van der Waals surface area contributed by atoms with Gasteiger partial charge in [0.05, 0.1) is 23.4 Å². The Hall–Kier alpha value is -2.81. The number of rotatable bonds is 7. The number of para-hydroxylation sites is 2. The van der Waals surface area contributed by atoms with Gasteiger partial charge in [-0.05, 0) is 37.0 Å². The van der Waals surface area contributed by atoms with Gasteiger partial charge in [-0.25, -0.2) is 8.42 Å². The molecule has 2 aromatic carbocycles. The molecule has 1 saturated carbocycles. The van der Waals surface area contributed by atoms with E-state index in [4.69, 9.17) is 4.74 Å². The third kappa shape index (κ3) is 4.79.